The number of hydrogen-bond donors (Lipinski definition) is 3. The van der Waals surface area contributed by atoms with E-state index in [1.54, 1.807) is 36.7 Å². The van der Waals surface area contributed by atoms with E-state index in [1.807, 2.05) is 0 Å². The number of carbonyl (C=O) groups excluding carboxylic acids is 1. The number of carbonyl (C=O) groups is 1. The molecule has 0 aliphatic heterocycles. The Hall–Kier alpha value is -3.03. The van der Waals surface area contributed by atoms with Gasteiger partial charge in [-0.1, -0.05) is 11.6 Å². The number of halogens is 2. The molecule has 8 heteroatoms. The maximum atomic E-state index is 13.7. The van der Waals surface area contributed by atoms with Crippen molar-refractivity contribution in [3.8, 4) is 0 Å². The predicted octanol–water partition coefficient (Wildman–Crippen LogP) is 3.93. The highest BCUT2D eigenvalue weighted by Gasteiger charge is 2.62. The van der Waals surface area contributed by atoms with Crippen molar-refractivity contribution in [3.05, 3.63) is 70.8 Å². The zero-order valence-corrected chi connectivity index (χ0v) is 17.0. The molecule has 2 aromatic carbocycles. The second-order valence-corrected chi connectivity index (χ2v) is 9.01. The predicted molar refractivity (Wildman–Crippen MR) is 114 cm³/mol. The first kappa shape index (κ1) is 18.7. The molecule has 0 radical (unpaired) electrons. The van der Waals surface area contributed by atoms with Crippen LogP contribution in [0.1, 0.15) is 28.8 Å². The summed E-state index contributed by atoms with van der Waals surface area (Å²) in [7, 11) is 0. The van der Waals surface area contributed by atoms with Gasteiger partial charge in [-0.05, 0) is 66.6 Å². The molecule has 6 rings (SSSR count). The zero-order valence-electron chi connectivity index (χ0n) is 16.3. The summed E-state index contributed by atoms with van der Waals surface area (Å²) in [5, 5.41) is 23.3. The van der Waals surface area contributed by atoms with Crippen LogP contribution in [0.15, 0.2) is 48.8 Å². The molecule has 6 nitrogen and oxygen atoms in total. The molecule has 4 aromatic rings. The van der Waals surface area contributed by atoms with Gasteiger partial charge in [0.25, 0.3) is 5.91 Å². The first-order valence-electron chi connectivity index (χ1n) is 10.1. The molecule has 2 aliphatic carbocycles. The van der Waals surface area contributed by atoms with Crippen molar-refractivity contribution in [1.82, 2.24) is 20.5 Å². The van der Waals surface area contributed by atoms with Crippen molar-refractivity contribution in [2.75, 3.05) is 0 Å². The molecular weight excluding hydrogens is 419 g/mol. The molecule has 2 heterocycles. The van der Waals surface area contributed by atoms with Crippen LogP contribution in [-0.2, 0) is 5.60 Å². The van der Waals surface area contributed by atoms with Crippen molar-refractivity contribution in [2.45, 2.75) is 24.5 Å². The molecular formula is C23H18ClFN4O2. The number of H-pyrrole nitrogens is 1. The normalized spacial score (nSPS) is 26.9. The van der Waals surface area contributed by atoms with Crippen molar-refractivity contribution in [1.29, 1.82) is 0 Å². The second-order valence-electron chi connectivity index (χ2n) is 8.57. The molecule has 31 heavy (non-hydrogen) atoms. The number of aliphatic hydroxyl groups is 1. The Kier molecular flexibility index (Phi) is 3.91. The number of pyridine rings is 1. The number of aromatic nitrogens is 3. The van der Waals surface area contributed by atoms with E-state index in [9.17, 15) is 14.3 Å². The number of aromatic amines is 1. The molecule has 0 unspecified atom stereocenters. The molecule has 4 atom stereocenters. The zero-order chi connectivity index (χ0) is 21.3. The van der Waals surface area contributed by atoms with E-state index in [1.165, 1.54) is 12.1 Å². The number of fused-ring (bicyclic) bond motifs is 3. The summed E-state index contributed by atoms with van der Waals surface area (Å²) in [6, 6.07) is 9.41. The van der Waals surface area contributed by atoms with Crippen LogP contribution in [-0.4, -0.2) is 32.2 Å². The largest absolute Gasteiger partial charge is 0.385 e. The van der Waals surface area contributed by atoms with Gasteiger partial charge in [0.1, 0.15) is 5.82 Å². The fraction of sp³-hybridized carbons (Fsp3) is 0.261. The highest BCUT2D eigenvalue weighted by atomic mass is 35.5. The monoisotopic (exact) mass is 436 g/mol. The first-order chi connectivity index (χ1) is 14.9. The minimum Gasteiger partial charge on any atom is -0.385 e. The Balaban J connectivity index is 1.22. The molecule has 1 amide bonds. The van der Waals surface area contributed by atoms with Crippen LogP contribution in [0, 0.1) is 17.7 Å². The number of amides is 1. The number of benzene rings is 2. The van der Waals surface area contributed by atoms with E-state index in [-0.39, 0.29) is 23.8 Å². The lowest BCUT2D eigenvalue weighted by Gasteiger charge is -2.27. The second kappa shape index (κ2) is 6.48. The molecule has 0 bridgehead atoms. The molecule has 3 N–H and O–H groups in total. The number of nitrogens with zero attached hydrogens (tertiary/aromatic N) is 2. The van der Waals surface area contributed by atoms with Gasteiger partial charge < -0.3 is 10.4 Å². The third-order valence-corrected chi connectivity index (χ3v) is 6.97. The quantitative estimate of drug-likeness (QED) is 0.454. The number of nitrogens with one attached hydrogen (secondary N) is 2. The standard InChI is InChI=1S/C23H18ClFN4O2/c24-11-5-18(17-10-27-29-20(17)6-11)23(31)8-15-16(9-23)21(15)28-22(30)13-3-4-26-19-2-1-12(25)7-14(13)19/h1-7,10,15-16,21,31H,8-9H2,(H,27,29)(H,28,30)/t15-,16+,21+,23+. The number of rotatable bonds is 3. The van der Waals surface area contributed by atoms with Gasteiger partial charge in [0.05, 0.1) is 28.4 Å². The van der Waals surface area contributed by atoms with Crippen molar-refractivity contribution in [2.24, 2.45) is 11.8 Å². The third kappa shape index (κ3) is 2.91. The molecule has 2 fully saturated rings. The fourth-order valence-electron chi connectivity index (χ4n) is 5.25. The topological polar surface area (TPSA) is 90.9 Å². The van der Waals surface area contributed by atoms with Crippen LogP contribution < -0.4 is 5.32 Å². The summed E-state index contributed by atoms with van der Waals surface area (Å²) in [4.78, 5) is 17.1. The average molecular weight is 437 g/mol. The molecule has 2 saturated carbocycles. The van der Waals surface area contributed by atoms with E-state index < -0.39 is 11.4 Å². The average Bonchev–Trinajstić information content (AvgIpc) is 3.10. The van der Waals surface area contributed by atoms with Crippen LogP contribution >= 0.6 is 11.6 Å². The summed E-state index contributed by atoms with van der Waals surface area (Å²) in [6.45, 7) is 0. The van der Waals surface area contributed by atoms with Crippen LogP contribution in [0.5, 0.6) is 0 Å². The maximum Gasteiger partial charge on any atom is 0.252 e. The molecule has 0 saturated heterocycles. The summed E-state index contributed by atoms with van der Waals surface area (Å²) in [5.74, 6) is -0.296. The van der Waals surface area contributed by atoms with E-state index in [4.69, 9.17) is 11.6 Å². The van der Waals surface area contributed by atoms with Crippen LogP contribution in [0.3, 0.4) is 0 Å². The minimum absolute atomic E-state index is 0.0106. The summed E-state index contributed by atoms with van der Waals surface area (Å²) in [5.41, 5.74) is 1.54. The van der Waals surface area contributed by atoms with Crippen LogP contribution in [0.2, 0.25) is 5.02 Å². The minimum atomic E-state index is -1.00. The van der Waals surface area contributed by atoms with E-state index >= 15 is 0 Å². The maximum absolute atomic E-state index is 13.7. The molecule has 2 aromatic heterocycles. The van der Waals surface area contributed by atoms with E-state index in [2.05, 4.69) is 20.5 Å². The Labute approximate surface area is 181 Å². The van der Waals surface area contributed by atoms with Crippen LogP contribution in [0.25, 0.3) is 21.8 Å². The Morgan fingerprint density at radius 1 is 1.19 bits per heavy atom. The van der Waals surface area contributed by atoms with Gasteiger partial charge in [0, 0.05) is 28.0 Å². The summed E-state index contributed by atoms with van der Waals surface area (Å²) < 4.78 is 13.7. The number of hydrogen-bond acceptors (Lipinski definition) is 4. The smallest absolute Gasteiger partial charge is 0.252 e. The van der Waals surface area contributed by atoms with Crippen molar-refractivity contribution in [3.63, 3.8) is 0 Å². The summed E-state index contributed by atoms with van der Waals surface area (Å²) >= 11 is 6.25. The van der Waals surface area contributed by atoms with Gasteiger partial charge in [0.15, 0.2) is 0 Å². The highest BCUT2D eigenvalue weighted by molar-refractivity contribution is 6.31. The van der Waals surface area contributed by atoms with Crippen molar-refractivity contribution < 1.29 is 14.3 Å². The Bertz CT molecular complexity index is 1360. The third-order valence-electron chi connectivity index (χ3n) is 6.75. The van der Waals surface area contributed by atoms with Crippen molar-refractivity contribution >= 4 is 39.3 Å². The summed E-state index contributed by atoms with van der Waals surface area (Å²) in [6.07, 6.45) is 4.33. The van der Waals surface area contributed by atoms with Crippen LogP contribution in [0.4, 0.5) is 4.39 Å². The van der Waals surface area contributed by atoms with E-state index in [0.29, 0.717) is 34.3 Å². The SMILES string of the molecule is O=C(N[C@H]1[C@@H]2C[C@@](O)(c3cc(Cl)cc4[nH]ncc34)C[C@@H]21)c1ccnc2ccc(F)cc12. The van der Waals surface area contributed by atoms with Gasteiger partial charge in [-0.3, -0.25) is 14.9 Å². The molecule has 156 valence electrons. The van der Waals surface area contributed by atoms with Gasteiger partial charge in [-0.25, -0.2) is 4.39 Å². The van der Waals surface area contributed by atoms with Gasteiger partial charge in [0.2, 0.25) is 0 Å². The lowest BCUT2D eigenvalue weighted by molar-refractivity contribution is 0.0293. The molecule has 0 spiro atoms. The highest BCUT2D eigenvalue weighted by Crippen LogP contribution is 2.60. The van der Waals surface area contributed by atoms with Gasteiger partial charge in [-0.2, -0.15) is 5.10 Å². The Morgan fingerprint density at radius 2 is 2.00 bits per heavy atom. The van der Waals surface area contributed by atoms with Gasteiger partial charge in [-0.15, -0.1) is 0 Å². The lowest BCUT2D eigenvalue weighted by Crippen LogP contribution is -2.33. The van der Waals surface area contributed by atoms with E-state index in [0.717, 1.165) is 16.5 Å². The Morgan fingerprint density at radius 3 is 2.81 bits per heavy atom. The van der Waals surface area contributed by atoms with Gasteiger partial charge >= 0.3 is 0 Å². The lowest BCUT2D eigenvalue weighted by atomic mass is 9.86. The molecule has 2 aliphatic rings. The first-order valence-corrected chi connectivity index (χ1v) is 10.5. The fourth-order valence-corrected chi connectivity index (χ4v) is 5.46.